The smallest absolute Gasteiger partial charge is 0.293 e. The summed E-state index contributed by atoms with van der Waals surface area (Å²) in [7, 11) is 0. The second kappa shape index (κ2) is 9.57. The monoisotopic (exact) mass is 234 g/mol. The topological polar surface area (TPSA) is 54.0 Å². The molecule has 0 aromatic carbocycles. The maximum absolute atomic E-state index is 9.78. The Bertz CT molecular complexity index is 164. The Labute approximate surface area is 97.0 Å². The SMILES string of the molecule is CC(C)(C)OCCOCCOCCOC=O. The standard InChI is InChI=1S/C11H22O5/c1-11(2,3)16-9-8-14-5-4-13-6-7-15-10-12/h10H,4-9H2,1-3H3. The minimum Gasteiger partial charge on any atom is -0.465 e. The molecule has 0 bridgehead atoms. The van der Waals surface area contributed by atoms with E-state index in [2.05, 4.69) is 4.74 Å². The van der Waals surface area contributed by atoms with Crippen molar-refractivity contribution in [1.82, 2.24) is 0 Å². The predicted octanol–water partition coefficient (Wildman–Crippen LogP) is 1.01. The number of carbonyl (C=O) groups excluding carboxylic acids is 1. The minimum atomic E-state index is -0.119. The van der Waals surface area contributed by atoms with Gasteiger partial charge in [-0.2, -0.15) is 0 Å². The number of carbonyl (C=O) groups is 1. The van der Waals surface area contributed by atoms with E-state index in [4.69, 9.17) is 14.2 Å². The van der Waals surface area contributed by atoms with Crippen molar-refractivity contribution in [3.8, 4) is 0 Å². The van der Waals surface area contributed by atoms with Crippen LogP contribution in [-0.2, 0) is 23.7 Å². The highest BCUT2D eigenvalue weighted by Crippen LogP contribution is 2.05. The van der Waals surface area contributed by atoms with Crippen LogP contribution in [0.3, 0.4) is 0 Å². The third kappa shape index (κ3) is 13.4. The Kier molecular flexibility index (Phi) is 9.18. The summed E-state index contributed by atoms with van der Waals surface area (Å²) >= 11 is 0. The number of hydrogen-bond acceptors (Lipinski definition) is 5. The molecule has 0 aliphatic heterocycles. The molecule has 5 heteroatoms. The zero-order valence-electron chi connectivity index (χ0n) is 10.4. The summed E-state index contributed by atoms with van der Waals surface area (Å²) < 4.78 is 20.3. The largest absolute Gasteiger partial charge is 0.465 e. The van der Waals surface area contributed by atoms with Gasteiger partial charge < -0.3 is 18.9 Å². The fourth-order valence-electron chi connectivity index (χ4n) is 0.884. The third-order valence-corrected chi connectivity index (χ3v) is 1.55. The molecule has 0 aromatic rings. The van der Waals surface area contributed by atoms with Crippen molar-refractivity contribution >= 4 is 6.47 Å². The molecule has 16 heavy (non-hydrogen) atoms. The first kappa shape index (κ1) is 15.3. The Morgan fingerprint density at radius 3 is 1.88 bits per heavy atom. The van der Waals surface area contributed by atoms with Crippen LogP contribution in [0, 0.1) is 0 Å². The molecule has 0 aliphatic rings. The van der Waals surface area contributed by atoms with Crippen LogP contribution in [0.25, 0.3) is 0 Å². The molecular formula is C11H22O5. The van der Waals surface area contributed by atoms with Gasteiger partial charge >= 0.3 is 0 Å². The summed E-state index contributed by atoms with van der Waals surface area (Å²) in [6.45, 7) is 9.27. The highest BCUT2D eigenvalue weighted by molar-refractivity contribution is 5.36. The maximum Gasteiger partial charge on any atom is 0.293 e. The molecule has 0 saturated heterocycles. The molecule has 0 aliphatic carbocycles. The van der Waals surface area contributed by atoms with E-state index < -0.39 is 0 Å². The summed E-state index contributed by atoms with van der Waals surface area (Å²) in [5, 5.41) is 0. The van der Waals surface area contributed by atoms with E-state index in [0.29, 0.717) is 39.5 Å². The lowest BCUT2D eigenvalue weighted by Gasteiger charge is -2.19. The van der Waals surface area contributed by atoms with Crippen LogP contribution >= 0.6 is 0 Å². The van der Waals surface area contributed by atoms with E-state index in [1.807, 2.05) is 20.8 Å². The molecule has 0 radical (unpaired) electrons. The molecule has 0 saturated carbocycles. The van der Waals surface area contributed by atoms with Crippen molar-refractivity contribution in [2.75, 3.05) is 39.6 Å². The average molecular weight is 234 g/mol. The van der Waals surface area contributed by atoms with Crippen LogP contribution < -0.4 is 0 Å². The zero-order valence-corrected chi connectivity index (χ0v) is 10.4. The Balaban J connectivity index is 3.01. The Hall–Kier alpha value is -0.650. The van der Waals surface area contributed by atoms with E-state index in [-0.39, 0.29) is 12.2 Å². The van der Waals surface area contributed by atoms with Gasteiger partial charge in [0.05, 0.1) is 38.6 Å². The van der Waals surface area contributed by atoms with Gasteiger partial charge in [0.2, 0.25) is 0 Å². The van der Waals surface area contributed by atoms with Crippen LogP contribution in [0.2, 0.25) is 0 Å². The summed E-state index contributed by atoms with van der Waals surface area (Å²) in [6, 6.07) is 0. The molecule has 0 heterocycles. The fraction of sp³-hybridized carbons (Fsp3) is 0.909. The number of rotatable bonds is 10. The fourth-order valence-corrected chi connectivity index (χ4v) is 0.884. The number of ether oxygens (including phenoxy) is 4. The van der Waals surface area contributed by atoms with Crippen LogP contribution in [0.4, 0.5) is 0 Å². The minimum absolute atomic E-state index is 0.119. The van der Waals surface area contributed by atoms with Crippen molar-refractivity contribution in [2.45, 2.75) is 26.4 Å². The van der Waals surface area contributed by atoms with Crippen LogP contribution in [0.1, 0.15) is 20.8 Å². The van der Waals surface area contributed by atoms with E-state index in [9.17, 15) is 4.79 Å². The first-order valence-corrected chi connectivity index (χ1v) is 5.41. The predicted molar refractivity (Wildman–Crippen MR) is 59.4 cm³/mol. The maximum atomic E-state index is 9.78. The molecule has 0 unspecified atom stereocenters. The van der Waals surface area contributed by atoms with E-state index in [1.54, 1.807) is 0 Å². The van der Waals surface area contributed by atoms with Crippen molar-refractivity contribution in [1.29, 1.82) is 0 Å². The Morgan fingerprint density at radius 1 is 0.875 bits per heavy atom. The van der Waals surface area contributed by atoms with Gasteiger partial charge in [0.1, 0.15) is 6.61 Å². The van der Waals surface area contributed by atoms with Crippen molar-refractivity contribution in [3.05, 3.63) is 0 Å². The summed E-state index contributed by atoms with van der Waals surface area (Å²) in [5.41, 5.74) is -0.119. The van der Waals surface area contributed by atoms with Crippen molar-refractivity contribution in [2.24, 2.45) is 0 Å². The highest BCUT2D eigenvalue weighted by atomic mass is 16.6. The molecule has 0 N–H and O–H groups in total. The van der Waals surface area contributed by atoms with Gasteiger partial charge in [0.25, 0.3) is 6.47 Å². The summed E-state index contributed by atoms with van der Waals surface area (Å²) in [5.74, 6) is 0. The molecule has 0 aromatic heterocycles. The van der Waals surface area contributed by atoms with E-state index >= 15 is 0 Å². The lowest BCUT2D eigenvalue weighted by Crippen LogP contribution is -2.22. The van der Waals surface area contributed by atoms with Crippen LogP contribution in [-0.4, -0.2) is 51.7 Å². The Morgan fingerprint density at radius 2 is 1.38 bits per heavy atom. The summed E-state index contributed by atoms with van der Waals surface area (Å²) in [6.07, 6.45) is 0. The number of hydrogen-bond donors (Lipinski definition) is 0. The first-order chi connectivity index (χ1) is 7.56. The average Bonchev–Trinajstić information content (AvgIpc) is 2.19. The van der Waals surface area contributed by atoms with E-state index in [0.717, 1.165) is 0 Å². The summed E-state index contributed by atoms with van der Waals surface area (Å²) in [4.78, 5) is 9.78. The van der Waals surface area contributed by atoms with Crippen LogP contribution in [0.15, 0.2) is 0 Å². The second-order valence-corrected chi connectivity index (χ2v) is 4.15. The molecule has 96 valence electrons. The molecule has 0 fully saturated rings. The molecule has 0 amide bonds. The van der Waals surface area contributed by atoms with Gasteiger partial charge in [-0.05, 0) is 20.8 Å². The van der Waals surface area contributed by atoms with Crippen molar-refractivity contribution in [3.63, 3.8) is 0 Å². The molecule has 5 nitrogen and oxygen atoms in total. The molecule has 0 spiro atoms. The van der Waals surface area contributed by atoms with E-state index in [1.165, 1.54) is 0 Å². The zero-order chi connectivity index (χ0) is 12.3. The lowest BCUT2D eigenvalue weighted by atomic mass is 10.2. The first-order valence-electron chi connectivity index (χ1n) is 5.41. The lowest BCUT2D eigenvalue weighted by molar-refractivity contribution is -0.130. The second-order valence-electron chi connectivity index (χ2n) is 4.15. The quantitative estimate of drug-likeness (QED) is 0.417. The van der Waals surface area contributed by atoms with Gasteiger partial charge in [0.15, 0.2) is 0 Å². The van der Waals surface area contributed by atoms with Gasteiger partial charge in [-0.3, -0.25) is 4.79 Å². The van der Waals surface area contributed by atoms with Gasteiger partial charge in [-0.1, -0.05) is 0 Å². The van der Waals surface area contributed by atoms with Crippen molar-refractivity contribution < 1.29 is 23.7 Å². The normalized spacial score (nSPS) is 11.4. The molecule has 0 atom stereocenters. The van der Waals surface area contributed by atoms with Crippen LogP contribution in [0.5, 0.6) is 0 Å². The van der Waals surface area contributed by atoms with Gasteiger partial charge in [0, 0.05) is 0 Å². The molecular weight excluding hydrogens is 212 g/mol. The third-order valence-electron chi connectivity index (χ3n) is 1.55. The molecule has 0 rings (SSSR count). The highest BCUT2D eigenvalue weighted by Gasteiger charge is 2.08. The van der Waals surface area contributed by atoms with Gasteiger partial charge in [-0.15, -0.1) is 0 Å². The van der Waals surface area contributed by atoms with Gasteiger partial charge in [-0.25, -0.2) is 0 Å².